The van der Waals surface area contributed by atoms with Crippen molar-refractivity contribution < 1.29 is 4.74 Å². The fourth-order valence-electron chi connectivity index (χ4n) is 4.34. The van der Waals surface area contributed by atoms with E-state index in [0.29, 0.717) is 18.0 Å². The van der Waals surface area contributed by atoms with E-state index < -0.39 is 0 Å². The zero-order valence-electron chi connectivity index (χ0n) is 16.5. The maximum Gasteiger partial charge on any atom is 0.227 e. The molecule has 2 aromatic rings. The van der Waals surface area contributed by atoms with Crippen LogP contribution in [-0.2, 0) is 11.8 Å². The quantitative estimate of drug-likeness (QED) is 0.872. The molecule has 2 saturated heterocycles. The SMILES string of the molecule is CC(C)[C@@H]1OCCC[C@H]1Nc1ccnc(N2CCC[C@H]2c2cnn(C)c2)n1. The van der Waals surface area contributed by atoms with Crippen LogP contribution in [0, 0.1) is 5.92 Å². The maximum absolute atomic E-state index is 6.01. The summed E-state index contributed by atoms with van der Waals surface area (Å²) in [5.41, 5.74) is 1.23. The van der Waals surface area contributed by atoms with Gasteiger partial charge in [0.05, 0.1) is 24.4 Å². The number of aryl methyl sites for hydroxylation is 1. The predicted octanol–water partition coefficient (Wildman–Crippen LogP) is 3.17. The highest BCUT2D eigenvalue weighted by molar-refractivity contribution is 5.45. The molecule has 0 aromatic carbocycles. The van der Waals surface area contributed by atoms with Crippen LogP contribution in [0.4, 0.5) is 11.8 Å². The van der Waals surface area contributed by atoms with Gasteiger partial charge in [0, 0.05) is 38.2 Å². The molecule has 27 heavy (non-hydrogen) atoms. The van der Waals surface area contributed by atoms with Gasteiger partial charge in [-0.2, -0.15) is 10.1 Å². The van der Waals surface area contributed by atoms with Crippen LogP contribution < -0.4 is 10.2 Å². The zero-order valence-corrected chi connectivity index (χ0v) is 16.5. The minimum Gasteiger partial charge on any atom is -0.376 e. The van der Waals surface area contributed by atoms with Crippen molar-refractivity contribution >= 4 is 11.8 Å². The summed E-state index contributed by atoms with van der Waals surface area (Å²) in [5.74, 6) is 2.17. The first kappa shape index (κ1) is 18.2. The van der Waals surface area contributed by atoms with Crippen LogP contribution in [0.1, 0.15) is 51.1 Å². The summed E-state index contributed by atoms with van der Waals surface area (Å²) in [7, 11) is 1.96. The summed E-state index contributed by atoms with van der Waals surface area (Å²) >= 11 is 0. The molecule has 146 valence electrons. The van der Waals surface area contributed by atoms with Crippen molar-refractivity contribution in [2.45, 2.75) is 57.7 Å². The molecule has 0 amide bonds. The van der Waals surface area contributed by atoms with Crippen molar-refractivity contribution in [1.29, 1.82) is 0 Å². The molecular formula is C20H30N6O. The third-order valence-corrected chi connectivity index (χ3v) is 5.62. The van der Waals surface area contributed by atoms with Crippen molar-refractivity contribution in [2.75, 3.05) is 23.4 Å². The Labute approximate surface area is 161 Å². The smallest absolute Gasteiger partial charge is 0.227 e. The number of ether oxygens (including phenoxy) is 1. The van der Waals surface area contributed by atoms with E-state index in [0.717, 1.165) is 50.6 Å². The minimum absolute atomic E-state index is 0.229. The third-order valence-electron chi connectivity index (χ3n) is 5.62. The Morgan fingerprint density at radius 1 is 1.26 bits per heavy atom. The van der Waals surface area contributed by atoms with Gasteiger partial charge in [-0.3, -0.25) is 4.68 Å². The Balaban J connectivity index is 1.52. The predicted molar refractivity (Wildman–Crippen MR) is 106 cm³/mol. The normalized spacial score (nSPS) is 25.9. The Hall–Kier alpha value is -2.15. The van der Waals surface area contributed by atoms with Crippen LogP contribution in [0.25, 0.3) is 0 Å². The number of nitrogens with one attached hydrogen (secondary N) is 1. The maximum atomic E-state index is 6.01. The lowest BCUT2D eigenvalue weighted by atomic mass is 9.94. The number of aromatic nitrogens is 4. The van der Waals surface area contributed by atoms with Gasteiger partial charge < -0.3 is 15.0 Å². The monoisotopic (exact) mass is 370 g/mol. The van der Waals surface area contributed by atoms with E-state index in [1.807, 2.05) is 30.2 Å². The molecule has 7 heteroatoms. The molecule has 0 bridgehead atoms. The van der Waals surface area contributed by atoms with E-state index in [4.69, 9.17) is 9.72 Å². The molecule has 2 aromatic heterocycles. The molecule has 3 atom stereocenters. The lowest BCUT2D eigenvalue weighted by molar-refractivity contribution is -0.0203. The van der Waals surface area contributed by atoms with Crippen LogP contribution in [0.2, 0.25) is 0 Å². The van der Waals surface area contributed by atoms with Crippen molar-refractivity contribution in [3.8, 4) is 0 Å². The van der Waals surface area contributed by atoms with Crippen molar-refractivity contribution in [3.05, 3.63) is 30.2 Å². The highest BCUT2D eigenvalue weighted by Crippen LogP contribution is 2.34. The molecule has 0 saturated carbocycles. The molecule has 4 rings (SSSR count). The van der Waals surface area contributed by atoms with Gasteiger partial charge >= 0.3 is 0 Å². The second-order valence-electron chi connectivity index (χ2n) is 8.01. The number of hydrogen-bond donors (Lipinski definition) is 1. The number of anilines is 2. The molecule has 2 fully saturated rings. The van der Waals surface area contributed by atoms with E-state index in [1.165, 1.54) is 5.56 Å². The van der Waals surface area contributed by atoms with Crippen LogP contribution >= 0.6 is 0 Å². The molecule has 0 radical (unpaired) electrons. The topological polar surface area (TPSA) is 68.1 Å². The van der Waals surface area contributed by atoms with Crippen molar-refractivity contribution in [1.82, 2.24) is 19.7 Å². The molecule has 0 spiro atoms. The van der Waals surface area contributed by atoms with Gasteiger partial charge in [-0.25, -0.2) is 4.98 Å². The molecule has 4 heterocycles. The molecule has 2 aliphatic heterocycles. The van der Waals surface area contributed by atoms with Crippen LogP contribution in [0.5, 0.6) is 0 Å². The van der Waals surface area contributed by atoms with Crippen LogP contribution in [0.15, 0.2) is 24.7 Å². The summed E-state index contributed by atoms with van der Waals surface area (Å²) in [5, 5.41) is 7.95. The van der Waals surface area contributed by atoms with Crippen LogP contribution in [0.3, 0.4) is 0 Å². The Morgan fingerprint density at radius 2 is 2.15 bits per heavy atom. The van der Waals surface area contributed by atoms with Crippen molar-refractivity contribution in [3.63, 3.8) is 0 Å². The number of nitrogens with zero attached hydrogens (tertiary/aromatic N) is 5. The van der Waals surface area contributed by atoms with E-state index in [9.17, 15) is 0 Å². The fraction of sp³-hybridized carbons (Fsp3) is 0.650. The summed E-state index contributed by atoms with van der Waals surface area (Å²) in [4.78, 5) is 11.7. The molecule has 0 unspecified atom stereocenters. The van der Waals surface area contributed by atoms with Crippen molar-refractivity contribution in [2.24, 2.45) is 13.0 Å². The highest BCUT2D eigenvalue weighted by Gasteiger charge is 2.31. The van der Waals surface area contributed by atoms with Gasteiger partial charge in [-0.05, 0) is 37.7 Å². The fourth-order valence-corrected chi connectivity index (χ4v) is 4.34. The summed E-state index contributed by atoms with van der Waals surface area (Å²) in [6, 6.07) is 2.56. The molecule has 2 aliphatic rings. The van der Waals surface area contributed by atoms with E-state index in [-0.39, 0.29) is 6.10 Å². The Bertz CT molecular complexity index is 760. The van der Waals surface area contributed by atoms with Crippen LogP contribution in [-0.4, -0.2) is 45.0 Å². The van der Waals surface area contributed by atoms with E-state index in [2.05, 4.69) is 40.3 Å². The first-order valence-corrected chi connectivity index (χ1v) is 10.1. The lowest BCUT2D eigenvalue weighted by Gasteiger charge is -2.35. The second-order valence-corrected chi connectivity index (χ2v) is 8.01. The summed E-state index contributed by atoms with van der Waals surface area (Å²) in [6.07, 6.45) is 10.6. The third kappa shape index (κ3) is 3.93. The molecule has 1 N–H and O–H groups in total. The molecule has 7 nitrogen and oxygen atoms in total. The average molecular weight is 371 g/mol. The lowest BCUT2D eigenvalue weighted by Crippen LogP contribution is -2.43. The van der Waals surface area contributed by atoms with Gasteiger partial charge in [0.15, 0.2) is 0 Å². The van der Waals surface area contributed by atoms with Gasteiger partial charge in [0.1, 0.15) is 5.82 Å². The summed E-state index contributed by atoms with van der Waals surface area (Å²) in [6.45, 7) is 6.28. The minimum atomic E-state index is 0.229. The number of hydrogen-bond acceptors (Lipinski definition) is 6. The summed E-state index contributed by atoms with van der Waals surface area (Å²) < 4.78 is 7.87. The first-order chi connectivity index (χ1) is 13.1. The highest BCUT2D eigenvalue weighted by atomic mass is 16.5. The average Bonchev–Trinajstić information content (AvgIpc) is 3.31. The molecular weight excluding hydrogens is 340 g/mol. The van der Waals surface area contributed by atoms with Gasteiger partial charge in [-0.15, -0.1) is 0 Å². The standard InChI is InChI=1S/C20H30N6O/c1-14(2)19-16(6-5-11-27-19)23-18-8-9-21-20(24-18)26-10-4-7-17(26)15-12-22-25(3)13-15/h8-9,12-14,16-17,19H,4-7,10-11H2,1-3H3,(H,21,23,24)/t16-,17+,19+/m1/s1. The van der Waals surface area contributed by atoms with Gasteiger partial charge in [-0.1, -0.05) is 13.8 Å². The largest absolute Gasteiger partial charge is 0.376 e. The van der Waals surface area contributed by atoms with Gasteiger partial charge in [0.2, 0.25) is 5.95 Å². The first-order valence-electron chi connectivity index (χ1n) is 10.1. The second kappa shape index (κ2) is 7.84. The van der Waals surface area contributed by atoms with E-state index >= 15 is 0 Å². The number of rotatable bonds is 5. The Kier molecular flexibility index (Phi) is 5.29. The molecule has 0 aliphatic carbocycles. The van der Waals surface area contributed by atoms with Gasteiger partial charge in [0.25, 0.3) is 0 Å². The Morgan fingerprint density at radius 3 is 2.93 bits per heavy atom. The zero-order chi connectivity index (χ0) is 18.8. The van der Waals surface area contributed by atoms with E-state index in [1.54, 1.807) is 0 Å².